The van der Waals surface area contributed by atoms with Crippen LogP contribution < -0.4 is 9.62 Å². The number of carbonyl (C=O) groups is 1. The molecular weight excluding hydrogens is 488 g/mol. The minimum Gasteiger partial charge on any atom is -0.345 e. The minimum absolute atomic E-state index is 0.176. The summed E-state index contributed by atoms with van der Waals surface area (Å²) in [6.07, 6.45) is 0. The molecule has 0 unspecified atom stereocenters. The monoisotopic (exact) mass is 512 g/mol. The van der Waals surface area contributed by atoms with Gasteiger partial charge in [-0.15, -0.1) is 11.3 Å². The maximum atomic E-state index is 13.3. The molecule has 0 spiro atoms. The number of fused-ring (bicyclic) bond motifs is 1. The van der Waals surface area contributed by atoms with Gasteiger partial charge in [-0.25, -0.2) is 8.42 Å². The van der Waals surface area contributed by atoms with Gasteiger partial charge in [0.1, 0.15) is 0 Å². The van der Waals surface area contributed by atoms with Crippen molar-refractivity contribution in [2.45, 2.75) is 31.7 Å². The van der Waals surface area contributed by atoms with Crippen LogP contribution >= 0.6 is 22.9 Å². The molecule has 176 valence electrons. The molecule has 0 aliphatic rings. The lowest BCUT2D eigenvalue weighted by Gasteiger charge is -2.23. The van der Waals surface area contributed by atoms with Crippen molar-refractivity contribution in [3.63, 3.8) is 0 Å². The van der Waals surface area contributed by atoms with Crippen molar-refractivity contribution in [2.75, 3.05) is 10.8 Å². The molecule has 0 aliphatic heterocycles. The maximum Gasteiger partial charge on any atom is 0.264 e. The fourth-order valence-electron chi connectivity index (χ4n) is 3.73. The highest BCUT2D eigenvalue weighted by Crippen LogP contribution is 2.32. The highest BCUT2D eigenvalue weighted by molar-refractivity contribution is 7.92. The summed E-state index contributed by atoms with van der Waals surface area (Å²) in [6, 6.07) is 21.3. The Balaban J connectivity index is 1.59. The van der Waals surface area contributed by atoms with Crippen LogP contribution in [-0.2, 0) is 10.0 Å². The molecule has 0 bridgehead atoms. The van der Waals surface area contributed by atoms with E-state index in [1.165, 1.54) is 15.6 Å². The van der Waals surface area contributed by atoms with Crippen molar-refractivity contribution in [1.82, 2.24) is 5.32 Å². The summed E-state index contributed by atoms with van der Waals surface area (Å²) in [4.78, 5) is 13.7. The number of thiophene rings is 1. The predicted octanol–water partition coefficient (Wildman–Crippen LogP) is 6.57. The zero-order valence-electron chi connectivity index (χ0n) is 19.1. The Bertz CT molecular complexity index is 1430. The highest BCUT2D eigenvalue weighted by Gasteiger charge is 2.24. The van der Waals surface area contributed by atoms with Crippen molar-refractivity contribution in [3.05, 3.63) is 93.8 Å². The Labute approximate surface area is 209 Å². The Kier molecular flexibility index (Phi) is 6.98. The number of aryl methyl sites for hydroxylation is 1. The van der Waals surface area contributed by atoms with Crippen LogP contribution in [0.15, 0.2) is 77.7 Å². The number of halogens is 1. The number of benzene rings is 3. The van der Waals surface area contributed by atoms with Gasteiger partial charge in [-0.1, -0.05) is 41.4 Å². The van der Waals surface area contributed by atoms with E-state index in [0.717, 1.165) is 21.2 Å². The Hall–Kier alpha value is -2.87. The summed E-state index contributed by atoms with van der Waals surface area (Å²) < 4.78 is 28.8. The van der Waals surface area contributed by atoms with Gasteiger partial charge in [-0.3, -0.25) is 9.10 Å². The molecule has 0 saturated heterocycles. The topological polar surface area (TPSA) is 66.5 Å². The fraction of sp³-hybridized carbons (Fsp3) is 0.192. The minimum atomic E-state index is -3.70. The maximum absolute atomic E-state index is 13.3. The number of hydrogen-bond donors (Lipinski definition) is 1. The zero-order chi connectivity index (χ0) is 24.5. The van der Waals surface area contributed by atoms with Crippen LogP contribution in [0.25, 0.3) is 10.1 Å². The quantitative estimate of drug-likeness (QED) is 0.304. The molecule has 1 N–H and O–H groups in total. The van der Waals surface area contributed by atoms with E-state index in [4.69, 9.17) is 11.6 Å². The number of amides is 1. The molecule has 0 fully saturated rings. The molecule has 0 aliphatic carbocycles. The van der Waals surface area contributed by atoms with Gasteiger partial charge in [-0.2, -0.15) is 0 Å². The summed E-state index contributed by atoms with van der Waals surface area (Å²) in [5, 5.41) is 4.48. The molecule has 3 aromatic carbocycles. The molecule has 0 saturated carbocycles. The van der Waals surface area contributed by atoms with Crippen LogP contribution in [0.5, 0.6) is 0 Å². The molecule has 4 aromatic rings. The average molecular weight is 513 g/mol. The van der Waals surface area contributed by atoms with E-state index in [0.29, 0.717) is 15.6 Å². The van der Waals surface area contributed by atoms with E-state index < -0.39 is 10.0 Å². The summed E-state index contributed by atoms with van der Waals surface area (Å²) >= 11 is 7.33. The van der Waals surface area contributed by atoms with Gasteiger partial charge in [0.05, 0.1) is 21.5 Å². The first-order valence-electron chi connectivity index (χ1n) is 10.9. The number of anilines is 1. The van der Waals surface area contributed by atoms with Crippen LogP contribution in [0.4, 0.5) is 5.69 Å². The first kappa shape index (κ1) is 24.3. The Morgan fingerprint density at radius 2 is 1.71 bits per heavy atom. The Morgan fingerprint density at radius 3 is 2.35 bits per heavy atom. The molecule has 5 nitrogen and oxygen atoms in total. The van der Waals surface area contributed by atoms with Crippen LogP contribution in [-0.4, -0.2) is 20.9 Å². The first-order valence-corrected chi connectivity index (χ1v) is 13.5. The van der Waals surface area contributed by atoms with Gasteiger partial charge in [0.15, 0.2) is 0 Å². The molecule has 34 heavy (non-hydrogen) atoms. The SMILES string of the molecule is CCN(c1ccc2sc(C(=O)N[C@H](C)c3ccc(Cl)cc3)cc2c1)S(=O)(=O)c1ccc(C)cc1. The smallest absolute Gasteiger partial charge is 0.264 e. The first-order chi connectivity index (χ1) is 16.2. The standard InChI is InChI=1S/C26H25ClN2O3S2/c1-4-29(34(31,32)23-12-5-17(2)6-13-23)22-11-14-24-20(15-22)16-25(33-24)26(30)28-18(3)19-7-9-21(27)10-8-19/h5-16,18H,4H2,1-3H3,(H,28,30)/t18-/m1/s1. The normalized spacial score (nSPS) is 12.5. The summed E-state index contributed by atoms with van der Waals surface area (Å²) in [6.45, 7) is 5.93. The summed E-state index contributed by atoms with van der Waals surface area (Å²) in [5.74, 6) is -0.176. The van der Waals surface area contributed by atoms with Crippen LogP contribution in [0.2, 0.25) is 5.02 Å². The zero-order valence-corrected chi connectivity index (χ0v) is 21.5. The summed E-state index contributed by atoms with van der Waals surface area (Å²) in [7, 11) is -3.70. The van der Waals surface area contributed by atoms with Crippen molar-refractivity contribution in [3.8, 4) is 0 Å². The van der Waals surface area contributed by atoms with Crippen molar-refractivity contribution in [2.24, 2.45) is 0 Å². The van der Waals surface area contributed by atoms with Gasteiger partial charge in [0.25, 0.3) is 15.9 Å². The van der Waals surface area contributed by atoms with Crippen LogP contribution in [0, 0.1) is 6.92 Å². The molecule has 1 aromatic heterocycles. The largest absolute Gasteiger partial charge is 0.345 e. The van der Waals surface area contributed by atoms with E-state index >= 15 is 0 Å². The number of rotatable bonds is 7. The lowest BCUT2D eigenvalue weighted by molar-refractivity contribution is 0.0944. The highest BCUT2D eigenvalue weighted by atomic mass is 35.5. The van der Waals surface area contributed by atoms with Crippen LogP contribution in [0.1, 0.15) is 40.7 Å². The third kappa shape index (κ3) is 4.97. The van der Waals surface area contributed by atoms with Gasteiger partial charge >= 0.3 is 0 Å². The number of carbonyl (C=O) groups excluding carboxylic acids is 1. The molecule has 4 rings (SSSR count). The number of nitrogens with zero attached hydrogens (tertiary/aromatic N) is 1. The molecule has 1 atom stereocenters. The molecule has 1 amide bonds. The van der Waals surface area contributed by atoms with Gasteiger partial charge < -0.3 is 5.32 Å². The average Bonchev–Trinajstić information content (AvgIpc) is 3.24. The number of sulfonamides is 1. The van der Waals surface area contributed by atoms with Crippen molar-refractivity contribution < 1.29 is 13.2 Å². The summed E-state index contributed by atoms with van der Waals surface area (Å²) in [5.41, 5.74) is 2.52. The van der Waals surface area contributed by atoms with Gasteiger partial charge in [-0.05, 0) is 80.3 Å². The van der Waals surface area contributed by atoms with Crippen LogP contribution in [0.3, 0.4) is 0 Å². The van der Waals surface area contributed by atoms with E-state index in [9.17, 15) is 13.2 Å². The molecule has 8 heteroatoms. The lowest BCUT2D eigenvalue weighted by atomic mass is 10.1. The van der Waals surface area contributed by atoms with Gasteiger partial charge in [0.2, 0.25) is 0 Å². The lowest BCUT2D eigenvalue weighted by Crippen LogP contribution is -2.30. The third-order valence-corrected chi connectivity index (χ3v) is 8.91. The van der Waals surface area contributed by atoms with E-state index in [-0.39, 0.29) is 23.4 Å². The molecular formula is C26H25ClN2O3S2. The second-order valence-corrected chi connectivity index (χ2v) is 11.4. The van der Waals surface area contributed by atoms with Gasteiger partial charge in [0, 0.05) is 16.3 Å². The molecule has 1 heterocycles. The fourth-order valence-corrected chi connectivity index (χ4v) is 6.27. The second-order valence-electron chi connectivity index (χ2n) is 8.06. The predicted molar refractivity (Wildman–Crippen MR) is 141 cm³/mol. The molecule has 0 radical (unpaired) electrons. The van der Waals surface area contributed by atoms with Crippen molar-refractivity contribution in [1.29, 1.82) is 0 Å². The van der Waals surface area contributed by atoms with E-state index in [1.54, 1.807) is 55.5 Å². The second kappa shape index (κ2) is 9.78. The number of nitrogens with one attached hydrogen (secondary N) is 1. The third-order valence-electron chi connectivity index (χ3n) is 5.63. The van der Waals surface area contributed by atoms with E-state index in [1.807, 2.05) is 38.1 Å². The number of hydrogen-bond acceptors (Lipinski definition) is 4. The van der Waals surface area contributed by atoms with Crippen molar-refractivity contribution >= 4 is 54.6 Å². The Morgan fingerprint density at radius 1 is 1.03 bits per heavy atom. The van der Waals surface area contributed by atoms with E-state index in [2.05, 4.69) is 5.32 Å².